The molecule has 1 aromatic carbocycles. The number of hydrazine groups is 1. The van der Waals surface area contributed by atoms with Crippen molar-refractivity contribution in [2.45, 2.75) is 6.42 Å². The predicted octanol–water partition coefficient (Wildman–Crippen LogP) is 1.96. The van der Waals surface area contributed by atoms with E-state index in [4.69, 9.17) is 4.84 Å². The van der Waals surface area contributed by atoms with Crippen molar-refractivity contribution in [1.29, 1.82) is 0 Å². The number of hydrogen-bond donors (Lipinski definition) is 0. The molecule has 1 aliphatic rings. The van der Waals surface area contributed by atoms with E-state index in [1.165, 1.54) is 9.91 Å². The molecule has 0 aliphatic carbocycles. The molecule has 0 unspecified atom stereocenters. The van der Waals surface area contributed by atoms with Crippen LogP contribution in [0.25, 0.3) is 0 Å². The van der Waals surface area contributed by atoms with Gasteiger partial charge in [-0.15, -0.1) is 5.01 Å². The summed E-state index contributed by atoms with van der Waals surface area (Å²) in [6.07, 6.45) is 0.854. The number of carbonyl (C=O) groups is 1. The van der Waals surface area contributed by atoms with Crippen LogP contribution in [-0.2, 0) is 4.74 Å². The van der Waals surface area contributed by atoms with Gasteiger partial charge in [0, 0.05) is 19.2 Å². The number of non-ortho nitro benzene ring substituents is 1. The smallest absolute Gasteiger partial charge is 0.414 e. The molecule has 0 atom stereocenters. The molecule has 1 amide bonds. The normalized spacial score (nSPS) is 14.8. The Morgan fingerprint density at radius 1 is 1.14 bits per heavy atom. The molecule has 1 fully saturated rings. The van der Waals surface area contributed by atoms with E-state index in [9.17, 15) is 30.2 Å². The van der Waals surface area contributed by atoms with Gasteiger partial charge in [-0.3, -0.25) is 25.1 Å². The fraction of sp³-hybridized carbons (Fsp3) is 0.357. The second-order valence-corrected chi connectivity index (χ2v) is 5.44. The van der Waals surface area contributed by atoms with Gasteiger partial charge in [-0.05, 0) is 12.5 Å². The monoisotopic (exact) mass is 396 g/mol. The lowest BCUT2D eigenvalue weighted by molar-refractivity contribution is -0.706. The molecule has 1 aromatic rings. The third-order valence-electron chi connectivity index (χ3n) is 3.72. The summed E-state index contributed by atoms with van der Waals surface area (Å²) in [6, 6.07) is 2.67. The van der Waals surface area contributed by atoms with Crippen molar-refractivity contribution in [3.8, 4) is 5.75 Å². The minimum Gasteiger partial charge on any atom is -0.569 e. The van der Waals surface area contributed by atoms with Gasteiger partial charge in [0.2, 0.25) is 11.0 Å². The lowest BCUT2D eigenvalue weighted by Crippen LogP contribution is -2.37. The first kappa shape index (κ1) is 20.3. The summed E-state index contributed by atoms with van der Waals surface area (Å²) in [5, 5.41) is 38.4. The van der Waals surface area contributed by atoms with Gasteiger partial charge < -0.3 is 14.8 Å². The lowest BCUT2D eigenvalue weighted by atomic mass is 10.2. The topological polar surface area (TPSA) is 167 Å². The Labute approximate surface area is 157 Å². The Morgan fingerprint density at radius 3 is 2.54 bits per heavy atom. The number of nitro benzene ring substituents is 2. The highest BCUT2D eigenvalue weighted by Gasteiger charge is 2.25. The average molecular weight is 396 g/mol. The van der Waals surface area contributed by atoms with Crippen molar-refractivity contribution < 1.29 is 29.2 Å². The highest BCUT2D eigenvalue weighted by atomic mass is 16.7. The van der Waals surface area contributed by atoms with Gasteiger partial charge in [0.15, 0.2) is 0 Å². The van der Waals surface area contributed by atoms with Crippen LogP contribution in [0.5, 0.6) is 5.75 Å². The largest absolute Gasteiger partial charge is 0.569 e. The van der Waals surface area contributed by atoms with E-state index < -0.39 is 33.1 Å². The van der Waals surface area contributed by atoms with Crippen molar-refractivity contribution in [3.05, 3.63) is 56.5 Å². The van der Waals surface area contributed by atoms with Crippen molar-refractivity contribution >= 4 is 17.5 Å². The predicted molar refractivity (Wildman–Crippen MR) is 90.9 cm³/mol. The summed E-state index contributed by atoms with van der Waals surface area (Å²) in [5.74, 6) is -0.428. The Morgan fingerprint density at radius 2 is 1.89 bits per heavy atom. The quantitative estimate of drug-likeness (QED) is 0.229. The molecule has 1 aliphatic heterocycles. The number of hydrogen-bond acceptors (Lipinski definition) is 9. The molecular formula is C14H16N6O8. The van der Waals surface area contributed by atoms with Gasteiger partial charge in [-0.1, -0.05) is 6.58 Å². The van der Waals surface area contributed by atoms with Gasteiger partial charge in [0.25, 0.3) is 5.69 Å². The second kappa shape index (κ2) is 9.11. The summed E-state index contributed by atoms with van der Waals surface area (Å²) in [6.45, 7) is 4.19. The number of rotatable bonds is 6. The average Bonchev–Trinajstić information content (AvgIpc) is 2.92. The van der Waals surface area contributed by atoms with Crippen molar-refractivity contribution in [2.75, 3.05) is 26.2 Å². The lowest BCUT2D eigenvalue weighted by Gasteiger charge is -2.18. The van der Waals surface area contributed by atoms with E-state index >= 15 is 0 Å². The van der Waals surface area contributed by atoms with Crippen molar-refractivity contribution in [1.82, 2.24) is 9.91 Å². The molecular weight excluding hydrogens is 380 g/mol. The molecule has 0 N–H and O–H groups in total. The Balaban J connectivity index is 2.08. The summed E-state index contributed by atoms with van der Waals surface area (Å²) in [7, 11) is 0. The second-order valence-electron chi connectivity index (χ2n) is 5.44. The van der Waals surface area contributed by atoms with E-state index in [2.05, 4.69) is 16.6 Å². The minimum absolute atomic E-state index is 0.105. The molecule has 150 valence electrons. The maximum atomic E-state index is 12.1. The van der Waals surface area contributed by atoms with Crippen molar-refractivity contribution in [3.63, 3.8) is 0 Å². The van der Waals surface area contributed by atoms with E-state index in [0.29, 0.717) is 19.0 Å². The molecule has 1 saturated heterocycles. The third kappa shape index (κ3) is 5.03. The molecule has 0 aromatic heterocycles. The van der Waals surface area contributed by atoms with E-state index in [1.807, 2.05) is 0 Å². The van der Waals surface area contributed by atoms with Crippen molar-refractivity contribution in [2.24, 2.45) is 5.28 Å². The highest BCUT2D eigenvalue weighted by Crippen LogP contribution is 2.31. The Kier molecular flexibility index (Phi) is 6.62. The van der Waals surface area contributed by atoms with Crippen LogP contribution in [0.4, 0.5) is 16.2 Å². The minimum atomic E-state index is -0.887. The summed E-state index contributed by atoms with van der Waals surface area (Å²) < 4.78 is 4.68. The van der Waals surface area contributed by atoms with E-state index in [1.54, 1.807) is 0 Å². The number of amides is 1. The fourth-order valence-electron chi connectivity index (χ4n) is 2.37. The van der Waals surface area contributed by atoms with Crippen LogP contribution in [0, 0.1) is 25.4 Å². The zero-order valence-corrected chi connectivity index (χ0v) is 14.5. The third-order valence-corrected chi connectivity index (χ3v) is 3.72. The number of benzene rings is 1. The maximum Gasteiger partial charge on any atom is 0.414 e. The van der Waals surface area contributed by atoms with Crippen LogP contribution in [0.3, 0.4) is 0 Å². The number of ether oxygens (including phenoxy) is 1. The molecule has 0 bridgehead atoms. The number of carbonyl (C=O) groups excluding carboxylic acids is 1. The van der Waals surface area contributed by atoms with Crippen LogP contribution in [0.2, 0.25) is 0 Å². The first-order chi connectivity index (χ1) is 13.3. The van der Waals surface area contributed by atoms with Crippen LogP contribution in [0.15, 0.2) is 36.3 Å². The zero-order valence-electron chi connectivity index (χ0n) is 14.5. The van der Waals surface area contributed by atoms with Crippen LogP contribution in [0.1, 0.15) is 6.42 Å². The van der Waals surface area contributed by atoms with Gasteiger partial charge in [0.05, 0.1) is 40.2 Å². The van der Waals surface area contributed by atoms with Gasteiger partial charge in [-0.2, -0.15) is 0 Å². The van der Waals surface area contributed by atoms with Gasteiger partial charge in [0.1, 0.15) is 0 Å². The molecule has 28 heavy (non-hydrogen) atoms. The van der Waals surface area contributed by atoms with Gasteiger partial charge >= 0.3 is 11.8 Å². The first-order valence-corrected chi connectivity index (χ1v) is 7.93. The van der Waals surface area contributed by atoms with E-state index in [0.717, 1.165) is 18.4 Å². The standard InChI is InChI=1S/C14H16N6O8/c1-2-27-14(21)16-6-3-7-17(9-8-16)20(26)15-28-13-5-4-11(18(22)23)10-12(13)19(24)25/h2,4-5,10H,1,3,6-9H2/b20-15-. The van der Waals surface area contributed by atoms with E-state index in [-0.39, 0.29) is 24.6 Å². The molecule has 0 radical (unpaired) electrons. The number of nitro groups is 2. The fourth-order valence-corrected chi connectivity index (χ4v) is 2.37. The molecule has 0 saturated carbocycles. The Bertz CT molecular complexity index is 813. The van der Waals surface area contributed by atoms with Crippen LogP contribution in [-0.4, -0.2) is 57.0 Å². The van der Waals surface area contributed by atoms with Crippen LogP contribution < -0.4 is 4.84 Å². The molecule has 14 heteroatoms. The number of nitrogens with zero attached hydrogens (tertiary/aromatic N) is 6. The summed E-state index contributed by atoms with van der Waals surface area (Å²) in [4.78, 5) is 38.1. The molecule has 2 rings (SSSR count). The molecule has 0 spiro atoms. The first-order valence-electron chi connectivity index (χ1n) is 7.93. The maximum absolute atomic E-state index is 12.1. The molecule has 1 heterocycles. The SMILES string of the molecule is C=COC(=O)N1CCCN(/[N+]([O-])=N/Oc2ccc([N+](=O)[O-])cc2[N+](=O)[O-])CC1. The summed E-state index contributed by atoms with van der Waals surface area (Å²) in [5.41, 5.74) is -1.21. The van der Waals surface area contributed by atoms with Gasteiger partial charge in [-0.25, -0.2) is 4.79 Å². The summed E-state index contributed by atoms with van der Waals surface area (Å²) >= 11 is 0. The molecule has 14 nitrogen and oxygen atoms in total. The van der Waals surface area contributed by atoms with Crippen LogP contribution >= 0.6 is 0 Å². The Hall–Kier alpha value is -3.97. The highest BCUT2D eigenvalue weighted by molar-refractivity contribution is 5.68. The zero-order chi connectivity index (χ0) is 20.7.